The second-order valence-corrected chi connectivity index (χ2v) is 5.53. The van der Waals surface area contributed by atoms with E-state index in [0.29, 0.717) is 21.3 Å². The molecule has 0 unspecified atom stereocenters. The van der Waals surface area contributed by atoms with Crippen molar-refractivity contribution in [1.29, 1.82) is 5.41 Å². The first kappa shape index (κ1) is 18.5. The normalized spacial score (nSPS) is 11.8. The predicted octanol–water partition coefficient (Wildman–Crippen LogP) is 1.41. The lowest BCUT2D eigenvalue weighted by atomic mass is 10.2. The molecule has 0 aliphatic rings. The molecule has 0 aliphatic heterocycles. The molecule has 0 aliphatic carbocycles. The number of amidine groups is 1. The van der Waals surface area contributed by atoms with Crippen LogP contribution >= 0.6 is 0 Å². The summed E-state index contributed by atoms with van der Waals surface area (Å²) in [6.45, 7) is 0. The number of ether oxygens (including phenoxy) is 1. The van der Waals surface area contributed by atoms with Crippen LogP contribution in [0.15, 0.2) is 52.7 Å². The van der Waals surface area contributed by atoms with Gasteiger partial charge in [0.05, 0.1) is 23.8 Å². The van der Waals surface area contributed by atoms with Crippen LogP contribution < -0.4 is 16.0 Å². The van der Waals surface area contributed by atoms with Gasteiger partial charge in [0.1, 0.15) is 5.52 Å². The van der Waals surface area contributed by atoms with Crippen molar-refractivity contribution in [3.63, 3.8) is 0 Å². The molecule has 28 heavy (non-hydrogen) atoms. The fraction of sp³-hybridized carbons (Fsp3) is 0.0588. The maximum absolute atomic E-state index is 11.1. The van der Waals surface area contributed by atoms with E-state index in [0.717, 1.165) is 0 Å². The van der Waals surface area contributed by atoms with Crippen molar-refractivity contribution in [2.24, 2.45) is 15.9 Å². The minimum Gasteiger partial charge on any atom is -0.490 e. The zero-order valence-corrected chi connectivity index (χ0v) is 14.6. The summed E-state index contributed by atoms with van der Waals surface area (Å²) in [5.74, 6) is -0.0744. The van der Waals surface area contributed by atoms with Crippen LogP contribution in [0.4, 0.5) is 5.69 Å². The summed E-state index contributed by atoms with van der Waals surface area (Å²) in [6, 6.07) is 11.0. The molecule has 0 spiro atoms. The van der Waals surface area contributed by atoms with E-state index in [4.69, 9.17) is 15.9 Å². The van der Waals surface area contributed by atoms with Crippen molar-refractivity contribution in [3.8, 4) is 5.75 Å². The predicted molar refractivity (Wildman–Crippen MR) is 101 cm³/mol. The van der Waals surface area contributed by atoms with E-state index >= 15 is 0 Å². The molecule has 0 amide bonds. The van der Waals surface area contributed by atoms with Crippen molar-refractivity contribution in [2.75, 3.05) is 7.11 Å². The zero-order valence-electron chi connectivity index (χ0n) is 14.6. The smallest absolute Gasteiger partial charge is 0.311 e. The molecule has 3 aromatic rings. The number of nitrogens with one attached hydrogen (secondary N) is 1. The molecule has 0 bridgehead atoms. The molecule has 0 saturated heterocycles. The Morgan fingerprint density at radius 1 is 1.39 bits per heavy atom. The van der Waals surface area contributed by atoms with Gasteiger partial charge in [-0.1, -0.05) is 12.1 Å². The number of para-hydroxylation sites is 2. The molecule has 0 radical (unpaired) electrons. The number of nitrogens with two attached hydrogens (primary N) is 1. The summed E-state index contributed by atoms with van der Waals surface area (Å²) in [5, 5.41) is 36.7. The van der Waals surface area contributed by atoms with Crippen LogP contribution in [0.5, 0.6) is 5.75 Å². The number of nitrogens with zero attached hydrogens (tertiary/aromatic N) is 5. The average molecular weight is 381 g/mol. The average Bonchev–Trinajstić information content (AvgIpc) is 2.70. The van der Waals surface area contributed by atoms with E-state index in [1.165, 1.54) is 25.5 Å². The van der Waals surface area contributed by atoms with Crippen LogP contribution in [0.25, 0.3) is 11.0 Å². The lowest BCUT2D eigenvalue weighted by molar-refractivity contribution is -0.385. The van der Waals surface area contributed by atoms with E-state index in [2.05, 4.69) is 15.2 Å². The lowest BCUT2D eigenvalue weighted by Crippen LogP contribution is -2.31. The molecule has 0 fully saturated rings. The Bertz CT molecular complexity index is 1180. The van der Waals surface area contributed by atoms with E-state index in [-0.39, 0.29) is 28.5 Å². The Morgan fingerprint density at radius 2 is 2.14 bits per heavy atom. The monoisotopic (exact) mass is 381 g/mol. The van der Waals surface area contributed by atoms with Crippen molar-refractivity contribution in [2.45, 2.75) is 0 Å². The highest BCUT2D eigenvalue weighted by atomic mass is 16.6. The second-order valence-electron chi connectivity index (χ2n) is 5.53. The molecule has 0 atom stereocenters. The van der Waals surface area contributed by atoms with Gasteiger partial charge in [-0.3, -0.25) is 15.5 Å². The number of nitro benzene ring substituents is 1. The number of aromatic nitrogens is 2. The topological polar surface area (TPSA) is 165 Å². The Balaban J connectivity index is 1.94. The number of hydrogen-bond acceptors (Lipinski definition) is 8. The summed E-state index contributed by atoms with van der Waals surface area (Å²) in [7, 11) is 1.34. The molecule has 0 saturated carbocycles. The largest absolute Gasteiger partial charge is 0.490 e. The first-order valence-corrected chi connectivity index (χ1v) is 7.87. The van der Waals surface area contributed by atoms with Gasteiger partial charge >= 0.3 is 5.69 Å². The number of fused-ring (bicyclic) bond motifs is 1. The van der Waals surface area contributed by atoms with Crippen LogP contribution in [-0.4, -0.2) is 39.0 Å². The fourth-order valence-electron chi connectivity index (χ4n) is 2.45. The Morgan fingerprint density at radius 3 is 2.86 bits per heavy atom. The third kappa shape index (κ3) is 3.49. The van der Waals surface area contributed by atoms with Gasteiger partial charge in [-0.15, -0.1) is 5.10 Å². The highest BCUT2D eigenvalue weighted by molar-refractivity contribution is 5.97. The minimum atomic E-state index is -0.570. The molecule has 3 rings (SSSR count). The van der Waals surface area contributed by atoms with E-state index in [1.807, 2.05) is 0 Å². The standard InChI is InChI=1S/C17H15N7O4/c1-28-14-7-6-10(8-13(14)24(26)27)9-20-22-16(18)15-17(19)23(25)12-5-3-2-4-11(12)21-15/h2-9,19,25H,1H3,(H2,18,22). The second kappa shape index (κ2) is 7.53. The maximum Gasteiger partial charge on any atom is 0.311 e. The Kier molecular flexibility index (Phi) is 4.98. The molecular formula is C17H15N7O4. The van der Waals surface area contributed by atoms with Crippen LogP contribution in [-0.2, 0) is 0 Å². The highest BCUT2D eigenvalue weighted by Crippen LogP contribution is 2.26. The summed E-state index contributed by atoms with van der Waals surface area (Å²) in [6.07, 6.45) is 1.26. The fourth-order valence-corrected chi connectivity index (χ4v) is 2.45. The van der Waals surface area contributed by atoms with Gasteiger partial charge in [-0.2, -0.15) is 9.83 Å². The van der Waals surface area contributed by atoms with E-state index in [9.17, 15) is 15.3 Å². The van der Waals surface area contributed by atoms with Gasteiger partial charge in [0.2, 0.25) is 0 Å². The molecule has 11 heteroatoms. The number of rotatable bonds is 5. The summed E-state index contributed by atoms with van der Waals surface area (Å²) < 4.78 is 5.58. The van der Waals surface area contributed by atoms with Crippen LogP contribution in [0.3, 0.4) is 0 Å². The molecule has 142 valence electrons. The van der Waals surface area contributed by atoms with Gasteiger partial charge in [0.15, 0.2) is 22.8 Å². The minimum absolute atomic E-state index is 0.0564. The van der Waals surface area contributed by atoms with Crippen LogP contribution in [0.2, 0.25) is 0 Å². The van der Waals surface area contributed by atoms with Gasteiger partial charge in [0.25, 0.3) is 0 Å². The summed E-state index contributed by atoms with van der Waals surface area (Å²) >= 11 is 0. The molecule has 2 aromatic carbocycles. The lowest BCUT2D eigenvalue weighted by Gasteiger charge is -2.06. The van der Waals surface area contributed by atoms with Crippen LogP contribution in [0, 0.1) is 15.5 Å². The Labute approximate surface area is 157 Å². The zero-order chi connectivity index (χ0) is 20.3. The SMILES string of the molecule is COc1ccc(C=NN=C(N)c2nc3ccccc3n(O)c2=N)cc1[N+](=O)[O-]. The number of nitro groups is 1. The van der Waals surface area contributed by atoms with Crippen molar-refractivity contribution >= 4 is 28.8 Å². The van der Waals surface area contributed by atoms with E-state index < -0.39 is 4.92 Å². The van der Waals surface area contributed by atoms with Crippen molar-refractivity contribution in [3.05, 3.63) is 69.3 Å². The quantitative estimate of drug-likeness (QED) is 0.199. The summed E-state index contributed by atoms with van der Waals surface area (Å²) in [5.41, 5.74) is 6.39. The first-order valence-electron chi connectivity index (χ1n) is 7.87. The van der Waals surface area contributed by atoms with Gasteiger partial charge < -0.3 is 15.7 Å². The van der Waals surface area contributed by atoms with Gasteiger partial charge in [0, 0.05) is 11.6 Å². The van der Waals surface area contributed by atoms with Gasteiger partial charge in [-0.25, -0.2) is 4.98 Å². The number of methoxy groups -OCH3 is 1. The van der Waals surface area contributed by atoms with Crippen LogP contribution in [0.1, 0.15) is 11.3 Å². The Hall–Kier alpha value is -4.28. The van der Waals surface area contributed by atoms with Gasteiger partial charge in [-0.05, 0) is 24.3 Å². The molecule has 11 nitrogen and oxygen atoms in total. The first-order chi connectivity index (χ1) is 13.4. The number of hydrogen-bond donors (Lipinski definition) is 3. The third-order valence-electron chi connectivity index (χ3n) is 3.79. The highest BCUT2D eigenvalue weighted by Gasteiger charge is 2.14. The molecule has 1 aromatic heterocycles. The van der Waals surface area contributed by atoms with Crippen molar-refractivity contribution < 1.29 is 14.9 Å². The molecular weight excluding hydrogens is 366 g/mol. The van der Waals surface area contributed by atoms with Crippen molar-refractivity contribution in [1.82, 2.24) is 9.71 Å². The summed E-state index contributed by atoms with van der Waals surface area (Å²) in [4.78, 5) is 14.7. The molecule has 1 heterocycles. The molecule has 4 N–H and O–H groups in total. The maximum atomic E-state index is 11.1. The number of benzene rings is 2. The van der Waals surface area contributed by atoms with E-state index in [1.54, 1.807) is 30.3 Å². The third-order valence-corrected chi connectivity index (χ3v) is 3.79.